The van der Waals surface area contributed by atoms with Crippen LogP contribution < -0.4 is 0 Å². The molecule has 0 N–H and O–H groups in total. The minimum atomic E-state index is 0. The van der Waals surface area contributed by atoms with Crippen LogP contribution in [0, 0.1) is 39.9 Å². The largest absolute Gasteiger partial charge is 4.00 e. The van der Waals surface area contributed by atoms with Crippen molar-refractivity contribution in [3.8, 4) is 0 Å². The van der Waals surface area contributed by atoms with E-state index in [4.69, 9.17) is 0 Å². The van der Waals surface area contributed by atoms with E-state index in [9.17, 15) is 0 Å². The molecule has 0 aromatic rings. The van der Waals surface area contributed by atoms with Gasteiger partial charge in [0.15, 0.2) is 0 Å². The molecule has 0 atom stereocenters. The van der Waals surface area contributed by atoms with Crippen LogP contribution in [0.4, 0.5) is 0 Å². The van der Waals surface area contributed by atoms with Crippen LogP contribution in [0.2, 0.25) is 0 Å². The fraction of sp³-hybridized carbons (Fsp3) is 0. The molecule has 0 saturated carbocycles. The van der Waals surface area contributed by atoms with Crippen LogP contribution in [0.1, 0.15) is 0 Å². The molecule has 0 aliphatic carbocycles. The summed E-state index contributed by atoms with van der Waals surface area (Å²) in [6, 6.07) is 0. The second kappa shape index (κ2) is 38.0. The quantitative estimate of drug-likeness (QED) is 0.528. The fourth-order valence-electron chi connectivity index (χ4n) is 0. The van der Waals surface area contributed by atoms with Gasteiger partial charge >= 0.3 is 63.0 Å². The van der Waals surface area contributed by atoms with Crippen molar-refractivity contribution in [3.63, 3.8) is 0 Å². The van der Waals surface area contributed by atoms with Gasteiger partial charge in [0.05, 0.1) is 0 Å². The van der Waals surface area contributed by atoms with Crippen molar-refractivity contribution < 1.29 is 56.4 Å². The topological polar surface area (TPSA) is 85.5 Å². The third-order valence-electron chi connectivity index (χ3n) is 0. The van der Waals surface area contributed by atoms with Gasteiger partial charge in [-0.3, -0.25) is 0 Å². The summed E-state index contributed by atoms with van der Waals surface area (Å²) >= 11 is 0. The molecule has 0 fully saturated rings. The Balaban J connectivity index is 0. The third-order valence-corrected chi connectivity index (χ3v) is 0. The smallest absolute Gasteiger partial charge is 2.00 e. The van der Waals surface area contributed by atoms with Crippen LogP contribution in [0.3, 0.4) is 0 Å². The molecule has 0 amide bonds. The van der Waals surface area contributed by atoms with E-state index in [1.54, 1.807) is 0 Å². The summed E-state index contributed by atoms with van der Waals surface area (Å²) in [4.78, 5) is 0. The zero-order valence-electron chi connectivity index (χ0n) is 2.43. The van der Waals surface area contributed by atoms with Crippen molar-refractivity contribution in [3.05, 3.63) is 0 Å². The molecule has 24 valence electrons. The summed E-state index contributed by atoms with van der Waals surface area (Å²) in [6.45, 7) is 0. The first-order valence-electron chi connectivity index (χ1n) is 0. The Hall–Kier alpha value is 1.97. The molecule has 0 spiro atoms. The predicted molar refractivity (Wildman–Crippen MR) is 7.81 cm³/mol. The SMILES string of the molecule is [Mg+2].[O-2].[O-2].[O-2].[Th+4]. The summed E-state index contributed by atoms with van der Waals surface area (Å²) in [5.41, 5.74) is 0. The monoisotopic (exact) mass is 304 g/mol. The first-order valence-corrected chi connectivity index (χ1v) is 0. The molecule has 0 rings (SSSR count). The Morgan fingerprint density at radius 2 is 0.600 bits per heavy atom. The molecule has 0 aromatic heterocycles. The molecular weight excluding hydrogens is 304 g/mol. The molecule has 3 nitrogen and oxygen atoms in total. The zero-order chi connectivity index (χ0) is 0. The molecule has 0 bridgehead atoms. The second-order valence-corrected chi connectivity index (χ2v) is 0. The van der Waals surface area contributed by atoms with Crippen LogP contribution in [0.15, 0.2) is 0 Å². The maximum absolute atomic E-state index is 0. The molecule has 0 saturated heterocycles. The van der Waals surface area contributed by atoms with Crippen molar-refractivity contribution in [1.82, 2.24) is 0 Å². The van der Waals surface area contributed by atoms with Crippen molar-refractivity contribution in [2.45, 2.75) is 0 Å². The zero-order valence-corrected chi connectivity index (χ0v) is 7.96. The summed E-state index contributed by atoms with van der Waals surface area (Å²) in [7, 11) is 0. The van der Waals surface area contributed by atoms with Crippen LogP contribution in [-0.4, -0.2) is 23.1 Å². The molecule has 0 radical (unpaired) electrons. The summed E-state index contributed by atoms with van der Waals surface area (Å²) in [6.07, 6.45) is 0. The average molecular weight is 304 g/mol. The van der Waals surface area contributed by atoms with E-state index < -0.39 is 0 Å². The van der Waals surface area contributed by atoms with E-state index in [1.807, 2.05) is 0 Å². The standard InChI is InChI=1S/Mg.3O.Th/q+2;3*-2;+4. The third kappa shape index (κ3) is 24.2. The Bertz CT molecular complexity index is 6.85. The summed E-state index contributed by atoms with van der Waals surface area (Å²) in [5.74, 6) is 0. The van der Waals surface area contributed by atoms with Crippen LogP contribution >= 0.6 is 0 Å². The summed E-state index contributed by atoms with van der Waals surface area (Å²) in [5, 5.41) is 0. The minimum absolute atomic E-state index is 0. The molecule has 0 aliphatic rings. The molecule has 0 heterocycles. The van der Waals surface area contributed by atoms with Gasteiger partial charge in [-0.05, 0) is 0 Å². The van der Waals surface area contributed by atoms with E-state index in [1.165, 1.54) is 0 Å². The van der Waals surface area contributed by atoms with Gasteiger partial charge in [-0.25, -0.2) is 0 Å². The Morgan fingerprint density at radius 3 is 0.600 bits per heavy atom. The number of hydrogen-bond donors (Lipinski definition) is 0. The van der Waals surface area contributed by atoms with Crippen molar-refractivity contribution in [2.75, 3.05) is 0 Å². The number of rotatable bonds is 0. The van der Waals surface area contributed by atoms with E-state index in [0.717, 1.165) is 0 Å². The first kappa shape index (κ1) is 64.0. The molecule has 5 heteroatoms. The molecule has 0 unspecified atom stereocenters. The normalized spacial score (nSPS) is 0. The van der Waals surface area contributed by atoms with Crippen molar-refractivity contribution in [2.24, 2.45) is 0 Å². The Morgan fingerprint density at radius 1 is 0.600 bits per heavy atom. The van der Waals surface area contributed by atoms with Gasteiger partial charge in [-0.15, -0.1) is 0 Å². The minimum Gasteiger partial charge on any atom is -2.00 e. The molecule has 0 aliphatic heterocycles. The van der Waals surface area contributed by atoms with Gasteiger partial charge in [0.1, 0.15) is 0 Å². The van der Waals surface area contributed by atoms with Gasteiger partial charge < -0.3 is 16.4 Å². The number of hydrogen-bond acceptors (Lipinski definition) is 0. The molecular formula is MgO3Th. The predicted octanol–water partition coefficient (Wildman–Crippen LogP) is -0.737. The second-order valence-electron chi connectivity index (χ2n) is 0. The van der Waals surface area contributed by atoms with E-state index in [-0.39, 0.29) is 79.4 Å². The van der Waals surface area contributed by atoms with Gasteiger partial charge in [0.25, 0.3) is 0 Å². The first-order chi connectivity index (χ1) is 0. The fourth-order valence-corrected chi connectivity index (χ4v) is 0. The van der Waals surface area contributed by atoms with E-state index in [2.05, 4.69) is 0 Å². The Labute approximate surface area is 78.3 Å². The maximum Gasteiger partial charge on any atom is 4.00 e. The van der Waals surface area contributed by atoms with Crippen molar-refractivity contribution in [1.29, 1.82) is 0 Å². The van der Waals surface area contributed by atoms with Gasteiger partial charge in [-0.1, -0.05) is 0 Å². The summed E-state index contributed by atoms with van der Waals surface area (Å²) < 4.78 is 0. The van der Waals surface area contributed by atoms with E-state index in [0.29, 0.717) is 0 Å². The maximum atomic E-state index is 0. The average Bonchev–Trinajstić information content (AvgIpc) is 0. The molecule has 0 aromatic carbocycles. The van der Waals surface area contributed by atoms with Crippen LogP contribution in [0.5, 0.6) is 0 Å². The van der Waals surface area contributed by atoms with Gasteiger partial charge in [0.2, 0.25) is 0 Å². The van der Waals surface area contributed by atoms with Crippen LogP contribution in [-0.2, 0) is 16.4 Å². The Kier molecular flexibility index (Phi) is 486. The van der Waals surface area contributed by atoms with Crippen molar-refractivity contribution >= 4 is 23.1 Å². The van der Waals surface area contributed by atoms with Gasteiger partial charge in [-0.2, -0.15) is 0 Å². The van der Waals surface area contributed by atoms with E-state index >= 15 is 0 Å². The van der Waals surface area contributed by atoms with Gasteiger partial charge in [0, 0.05) is 0 Å². The molecule has 5 heavy (non-hydrogen) atoms. The van der Waals surface area contributed by atoms with Crippen LogP contribution in [0.25, 0.3) is 0 Å².